The van der Waals surface area contributed by atoms with E-state index in [0.717, 1.165) is 17.2 Å². The van der Waals surface area contributed by atoms with Gasteiger partial charge in [0.15, 0.2) is 5.78 Å². The average molecular weight is 523 g/mol. The Labute approximate surface area is 212 Å². The summed E-state index contributed by atoms with van der Waals surface area (Å²) in [6.45, 7) is 2.28. The van der Waals surface area contributed by atoms with Crippen molar-refractivity contribution in [3.05, 3.63) is 70.8 Å². The molecule has 2 aromatic carbocycles. The molecule has 1 fully saturated rings. The lowest BCUT2D eigenvalue weighted by atomic mass is 9.88. The normalized spacial score (nSPS) is 20.9. The second-order valence-electron chi connectivity index (χ2n) is 10.5. The van der Waals surface area contributed by atoms with Gasteiger partial charge in [0.1, 0.15) is 17.2 Å². The fourth-order valence-corrected chi connectivity index (χ4v) is 5.08. The number of alkyl halides is 2. The van der Waals surface area contributed by atoms with E-state index in [1.165, 1.54) is 6.07 Å². The van der Waals surface area contributed by atoms with Gasteiger partial charge in [0, 0.05) is 31.1 Å². The number of ether oxygens (including phenoxy) is 2. The number of halogens is 4. The Bertz CT molecular complexity index is 1150. The van der Waals surface area contributed by atoms with Gasteiger partial charge in [0.05, 0.1) is 18.2 Å². The van der Waals surface area contributed by atoms with E-state index in [-0.39, 0.29) is 36.8 Å². The number of nitrogens with one attached hydrogen (secondary N) is 1. The van der Waals surface area contributed by atoms with Crippen molar-refractivity contribution in [1.82, 2.24) is 10.2 Å². The van der Waals surface area contributed by atoms with E-state index < -0.39 is 48.1 Å². The van der Waals surface area contributed by atoms with Crippen LogP contribution in [-0.2, 0) is 20.7 Å². The molecule has 1 unspecified atom stereocenters. The standard InChI is InChI=1S/C27H30F4N2O4/c1-27(2,3)37-26(35)32-23-16(10-15-6-4-5-7-19(15)23)11-22(34)24(20-9-8-17(28)12-21(20)29)33-13-18(14-33)36-25(30)31/h4-9,12,16,18,23-25H,10-11,13-14H2,1-3H3,(H,32,35)/t16-,23-,24?/m1/s1. The molecule has 2 aromatic rings. The Hall–Kier alpha value is -2.98. The summed E-state index contributed by atoms with van der Waals surface area (Å²) >= 11 is 0. The maximum atomic E-state index is 14.8. The van der Waals surface area contributed by atoms with Gasteiger partial charge in [-0.2, -0.15) is 8.78 Å². The van der Waals surface area contributed by atoms with Gasteiger partial charge >= 0.3 is 12.7 Å². The van der Waals surface area contributed by atoms with Crippen molar-refractivity contribution >= 4 is 11.9 Å². The maximum absolute atomic E-state index is 14.8. The van der Waals surface area contributed by atoms with Gasteiger partial charge in [-0.25, -0.2) is 13.6 Å². The summed E-state index contributed by atoms with van der Waals surface area (Å²) in [4.78, 5) is 27.8. The number of fused-ring (bicyclic) bond motifs is 1. The zero-order valence-corrected chi connectivity index (χ0v) is 20.8. The molecule has 4 rings (SSSR count). The molecule has 1 aliphatic carbocycles. The lowest BCUT2D eigenvalue weighted by Crippen LogP contribution is -2.55. The summed E-state index contributed by atoms with van der Waals surface area (Å²) in [7, 11) is 0. The number of benzene rings is 2. The highest BCUT2D eigenvalue weighted by Gasteiger charge is 2.42. The maximum Gasteiger partial charge on any atom is 0.408 e. The smallest absolute Gasteiger partial charge is 0.408 e. The number of carbonyl (C=O) groups excluding carboxylic acids is 2. The Morgan fingerprint density at radius 3 is 2.46 bits per heavy atom. The first-order chi connectivity index (χ1) is 17.4. The molecule has 1 N–H and O–H groups in total. The Kier molecular flexibility index (Phi) is 7.89. The third-order valence-corrected chi connectivity index (χ3v) is 6.58. The van der Waals surface area contributed by atoms with Crippen molar-refractivity contribution < 1.29 is 36.6 Å². The minimum absolute atomic E-state index is 0.00203. The number of nitrogens with zero attached hydrogens (tertiary/aromatic N) is 1. The largest absolute Gasteiger partial charge is 0.444 e. The quantitative estimate of drug-likeness (QED) is 0.475. The first kappa shape index (κ1) is 27.1. The average Bonchev–Trinajstić information content (AvgIpc) is 3.08. The van der Waals surface area contributed by atoms with E-state index in [0.29, 0.717) is 12.5 Å². The van der Waals surface area contributed by atoms with Crippen molar-refractivity contribution in [2.24, 2.45) is 5.92 Å². The molecule has 0 spiro atoms. The number of ketones is 1. The molecular formula is C27H30F4N2O4. The zero-order chi connectivity index (χ0) is 26.9. The molecule has 6 nitrogen and oxygen atoms in total. The van der Waals surface area contributed by atoms with Crippen molar-refractivity contribution in [1.29, 1.82) is 0 Å². The fraction of sp³-hybridized carbons (Fsp3) is 0.481. The molecule has 37 heavy (non-hydrogen) atoms. The predicted molar refractivity (Wildman–Crippen MR) is 127 cm³/mol. The molecule has 0 aromatic heterocycles. The number of rotatable bonds is 8. The van der Waals surface area contributed by atoms with E-state index >= 15 is 0 Å². The molecule has 2 aliphatic rings. The Morgan fingerprint density at radius 2 is 1.81 bits per heavy atom. The van der Waals surface area contributed by atoms with Gasteiger partial charge in [-0.3, -0.25) is 9.69 Å². The van der Waals surface area contributed by atoms with Gasteiger partial charge in [0.25, 0.3) is 0 Å². The second-order valence-corrected chi connectivity index (χ2v) is 10.5. The molecule has 1 saturated heterocycles. The van der Waals surface area contributed by atoms with Gasteiger partial charge in [0.2, 0.25) is 0 Å². The molecule has 1 amide bonds. The van der Waals surface area contributed by atoms with Gasteiger partial charge in [-0.15, -0.1) is 0 Å². The number of carbonyl (C=O) groups is 2. The van der Waals surface area contributed by atoms with Crippen molar-refractivity contribution in [2.45, 2.75) is 64.0 Å². The van der Waals surface area contributed by atoms with Crippen LogP contribution < -0.4 is 5.32 Å². The van der Waals surface area contributed by atoms with Crippen LogP contribution in [0.4, 0.5) is 22.4 Å². The third-order valence-electron chi connectivity index (χ3n) is 6.58. The molecule has 0 saturated carbocycles. The van der Waals surface area contributed by atoms with Crippen LogP contribution in [0.1, 0.15) is 56.0 Å². The van der Waals surface area contributed by atoms with Gasteiger partial charge in [-0.05, 0) is 50.3 Å². The van der Waals surface area contributed by atoms with Crippen LogP contribution in [0.25, 0.3) is 0 Å². The minimum atomic E-state index is -2.96. The lowest BCUT2D eigenvalue weighted by molar-refractivity contribution is -0.201. The van der Waals surface area contributed by atoms with Crippen LogP contribution in [0.2, 0.25) is 0 Å². The molecule has 200 valence electrons. The summed E-state index contributed by atoms with van der Waals surface area (Å²) in [6, 6.07) is 8.84. The van der Waals surface area contributed by atoms with Gasteiger partial charge < -0.3 is 14.8 Å². The first-order valence-corrected chi connectivity index (χ1v) is 12.1. The Balaban J connectivity index is 1.56. The first-order valence-electron chi connectivity index (χ1n) is 12.1. The summed E-state index contributed by atoms with van der Waals surface area (Å²) in [6.07, 6.45) is -0.954. The van der Waals surface area contributed by atoms with Crippen molar-refractivity contribution in [2.75, 3.05) is 13.1 Å². The van der Waals surface area contributed by atoms with Crippen LogP contribution in [0.15, 0.2) is 42.5 Å². The second kappa shape index (κ2) is 10.8. The molecule has 0 bridgehead atoms. The van der Waals surface area contributed by atoms with Crippen LogP contribution in [0.3, 0.4) is 0 Å². The highest BCUT2D eigenvalue weighted by atomic mass is 19.3. The number of amides is 1. The number of Topliss-reactive ketones (excluding diaryl/α,β-unsaturated/α-hetero) is 1. The monoisotopic (exact) mass is 522 g/mol. The SMILES string of the molecule is CC(C)(C)OC(=O)N[C@H]1c2ccccc2C[C@@H]1CC(=O)C(c1ccc(F)cc1F)N1CC(OC(F)F)C1. The van der Waals surface area contributed by atoms with Crippen LogP contribution >= 0.6 is 0 Å². The fourth-order valence-electron chi connectivity index (χ4n) is 5.08. The summed E-state index contributed by atoms with van der Waals surface area (Å²) in [5.41, 5.74) is 1.09. The lowest BCUT2D eigenvalue weighted by Gasteiger charge is -2.43. The molecule has 0 radical (unpaired) electrons. The predicted octanol–water partition coefficient (Wildman–Crippen LogP) is 5.33. The number of hydrogen-bond donors (Lipinski definition) is 1. The molecule has 1 heterocycles. The zero-order valence-electron chi connectivity index (χ0n) is 20.8. The molecular weight excluding hydrogens is 492 g/mol. The van der Waals surface area contributed by atoms with E-state index in [9.17, 15) is 27.2 Å². The number of likely N-dealkylation sites (tertiary alicyclic amines) is 1. The Morgan fingerprint density at radius 1 is 1.11 bits per heavy atom. The topological polar surface area (TPSA) is 67.9 Å². The van der Waals surface area contributed by atoms with Crippen LogP contribution in [-0.4, -0.2) is 48.2 Å². The summed E-state index contributed by atoms with van der Waals surface area (Å²) in [5.74, 6) is -2.40. The number of hydrogen-bond acceptors (Lipinski definition) is 5. The molecule has 10 heteroatoms. The van der Waals surface area contributed by atoms with Crippen molar-refractivity contribution in [3.8, 4) is 0 Å². The van der Waals surface area contributed by atoms with Crippen LogP contribution in [0, 0.1) is 17.6 Å². The van der Waals surface area contributed by atoms with E-state index in [1.807, 2.05) is 24.3 Å². The summed E-state index contributed by atoms with van der Waals surface area (Å²) in [5, 5.41) is 2.88. The molecule has 1 aliphatic heterocycles. The third kappa shape index (κ3) is 6.48. The highest BCUT2D eigenvalue weighted by Crippen LogP contribution is 2.41. The van der Waals surface area contributed by atoms with E-state index in [1.54, 1.807) is 25.7 Å². The highest BCUT2D eigenvalue weighted by molar-refractivity contribution is 5.86. The van der Waals surface area contributed by atoms with Crippen LogP contribution in [0.5, 0.6) is 0 Å². The summed E-state index contributed by atoms with van der Waals surface area (Å²) < 4.78 is 63.5. The molecule has 3 atom stereocenters. The van der Waals surface area contributed by atoms with E-state index in [4.69, 9.17) is 4.74 Å². The van der Waals surface area contributed by atoms with Gasteiger partial charge in [-0.1, -0.05) is 30.3 Å². The van der Waals surface area contributed by atoms with Crippen molar-refractivity contribution in [3.63, 3.8) is 0 Å². The number of alkyl carbamates (subject to hydrolysis) is 1. The van der Waals surface area contributed by atoms with E-state index in [2.05, 4.69) is 10.1 Å². The minimum Gasteiger partial charge on any atom is -0.444 e.